The van der Waals surface area contributed by atoms with E-state index in [2.05, 4.69) is 0 Å². The summed E-state index contributed by atoms with van der Waals surface area (Å²) in [5, 5.41) is 0. The summed E-state index contributed by atoms with van der Waals surface area (Å²) in [6.07, 6.45) is -1.77. The van der Waals surface area contributed by atoms with Crippen molar-refractivity contribution in [2.75, 3.05) is 0 Å². The minimum Gasteiger partial charge on any atom is -0.327 e. The molecule has 0 aromatic heterocycles. The van der Waals surface area contributed by atoms with Gasteiger partial charge in [-0.2, -0.15) is 0 Å². The van der Waals surface area contributed by atoms with Crippen LogP contribution in [-0.2, 0) is 85.3 Å². The number of ether oxygens (including phenoxy) is 18. The summed E-state index contributed by atoms with van der Waals surface area (Å²) in [4.78, 5) is 0. The Morgan fingerprint density at radius 1 is 0.227 bits per heavy atom. The Hall–Kier alpha value is -0.720. The van der Waals surface area contributed by atoms with Crippen LogP contribution >= 0.6 is 0 Å². The Kier molecular flexibility index (Phi) is 33.2. The van der Waals surface area contributed by atoms with E-state index in [0.717, 1.165) is 0 Å². The molecule has 1 aliphatic rings. The van der Waals surface area contributed by atoms with E-state index >= 15 is 0 Å². The largest absolute Gasteiger partial charge is 0.327 e. The summed E-state index contributed by atoms with van der Waals surface area (Å²) in [5.74, 6) is 0. The zero-order valence-corrected chi connectivity index (χ0v) is 44.7. The van der Waals surface area contributed by atoms with E-state index in [-0.39, 0.29) is 73.2 Å². The van der Waals surface area contributed by atoms with Crippen molar-refractivity contribution in [2.45, 2.75) is 315 Å². The van der Waals surface area contributed by atoms with Gasteiger partial charge in [0.15, 0.2) is 18.9 Å². The number of hydrogen-bond acceptors (Lipinski definition) is 18. The van der Waals surface area contributed by atoms with Crippen LogP contribution in [0.15, 0.2) is 0 Å². The van der Waals surface area contributed by atoms with Crippen LogP contribution in [0, 0.1) is 0 Å². The minimum absolute atomic E-state index is 0.198. The highest BCUT2D eigenvalue weighted by Crippen LogP contribution is 2.23. The molecule has 396 valence electrons. The highest BCUT2D eigenvalue weighted by atomic mass is 16.9. The lowest BCUT2D eigenvalue weighted by Gasteiger charge is -2.31. The second kappa shape index (κ2) is 34.6. The van der Waals surface area contributed by atoms with E-state index < -0.39 is 57.7 Å². The van der Waals surface area contributed by atoms with E-state index in [1.54, 1.807) is 20.8 Å². The van der Waals surface area contributed by atoms with Crippen LogP contribution in [-0.4, -0.2) is 131 Å². The van der Waals surface area contributed by atoms with Crippen LogP contribution in [0.1, 0.15) is 184 Å². The molecular weight excluding hydrogens is 865 g/mol. The Morgan fingerprint density at radius 2 is 0.348 bits per heavy atom. The van der Waals surface area contributed by atoms with E-state index in [0.29, 0.717) is 38.5 Å². The molecule has 1 heterocycles. The first kappa shape index (κ1) is 63.3. The molecule has 0 aromatic rings. The van der Waals surface area contributed by atoms with Gasteiger partial charge in [0, 0.05) is 0 Å². The van der Waals surface area contributed by atoms with Crippen molar-refractivity contribution in [1.82, 2.24) is 0 Å². The molecule has 0 spiro atoms. The molecule has 1 rings (SSSR count). The third-order valence-electron chi connectivity index (χ3n) is 9.12. The molecule has 1 fully saturated rings. The molecule has 0 aliphatic carbocycles. The first-order valence-electron chi connectivity index (χ1n) is 24.6. The van der Waals surface area contributed by atoms with Gasteiger partial charge in [-0.05, 0) is 184 Å². The molecule has 0 saturated carbocycles. The van der Waals surface area contributed by atoms with Crippen molar-refractivity contribution >= 4 is 0 Å². The lowest BCUT2D eigenvalue weighted by Crippen LogP contribution is -2.37. The number of hydrogen-bond donors (Lipinski definition) is 0. The van der Waals surface area contributed by atoms with Crippen molar-refractivity contribution in [2.24, 2.45) is 0 Å². The van der Waals surface area contributed by atoms with Gasteiger partial charge in [-0.3, -0.25) is 0 Å². The highest BCUT2D eigenvalue weighted by molar-refractivity contribution is 4.61. The lowest BCUT2D eigenvalue weighted by atomic mass is 10.1. The fraction of sp³-hybridized carbons (Fsp3) is 1.00. The average Bonchev–Trinajstić information content (AvgIpc) is 3.13. The average molecular weight is 961 g/mol. The summed E-state index contributed by atoms with van der Waals surface area (Å²) >= 11 is 0. The zero-order chi connectivity index (χ0) is 50.1. The maximum Gasteiger partial charge on any atom is 0.274 e. The topological polar surface area (TPSA) is 166 Å². The van der Waals surface area contributed by atoms with E-state index in [1.165, 1.54) is 0 Å². The van der Waals surface area contributed by atoms with Gasteiger partial charge in [-0.1, -0.05) is 0 Å². The fourth-order valence-corrected chi connectivity index (χ4v) is 5.90. The van der Waals surface area contributed by atoms with Crippen LogP contribution < -0.4 is 0 Å². The van der Waals surface area contributed by atoms with Crippen LogP contribution in [0.2, 0.25) is 0 Å². The molecule has 1 saturated heterocycles. The van der Waals surface area contributed by atoms with Crippen molar-refractivity contribution < 1.29 is 85.3 Å². The SMILES string of the molecule is CC(C)OC1OC(C)CCC(C)OC(OC(C)C)OC(C)OC(OC(C)C)OC(C)CCC(C)OC(OC(C)C)OC(C)OC(OC(C)C)OC(C)CCC(C)OC(OC(C)C)OC(C)O1. The Morgan fingerprint density at radius 3 is 0.455 bits per heavy atom. The van der Waals surface area contributed by atoms with E-state index in [4.69, 9.17) is 85.3 Å². The van der Waals surface area contributed by atoms with Gasteiger partial charge >= 0.3 is 0 Å². The monoisotopic (exact) mass is 961 g/mol. The predicted molar refractivity (Wildman–Crippen MR) is 246 cm³/mol. The molecule has 12 atom stereocenters. The third kappa shape index (κ3) is 33.0. The molecule has 0 radical (unpaired) electrons. The lowest BCUT2D eigenvalue weighted by molar-refractivity contribution is -0.409. The Labute approximate surface area is 399 Å². The fourth-order valence-electron chi connectivity index (χ4n) is 5.90. The maximum absolute atomic E-state index is 6.25. The minimum atomic E-state index is -1.04. The summed E-state index contributed by atoms with van der Waals surface area (Å²) in [6.45, 7) is 33.5. The first-order valence-corrected chi connectivity index (χ1v) is 24.6. The molecule has 18 heteroatoms. The molecule has 66 heavy (non-hydrogen) atoms. The van der Waals surface area contributed by atoms with Gasteiger partial charge in [-0.25, -0.2) is 0 Å². The van der Waals surface area contributed by atoms with Gasteiger partial charge in [0.2, 0.25) is 0 Å². The molecule has 0 amide bonds. The third-order valence-corrected chi connectivity index (χ3v) is 9.12. The summed E-state index contributed by atoms with van der Waals surface area (Å²) < 4.78 is 110. The molecule has 12 unspecified atom stereocenters. The van der Waals surface area contributed by atoms with E-state index in [1.807, 2.05) is 125 Å². The second-order valence-electron chi connectivity index (χ2n) is 18.8. The quantitative estimate of drug-likeness (QED) is 0.181. The maximum atomic E-state index is 6.25. The first-order chi connectivity index (χ1) is 30.8. The highest BCUT2D eigenvalue weighted by Gasteiger charge is 2.29. The van der Waals surface area contributed by atoms with Gasteiger partial charge in [-0.15, -0.1) is 0 Å². The molecule has 0 aromatic carbocycles. The molecule has 18 nitrogen and oxygen atoms in total. The Balaban J connectivity index is 3.39. The summed E-state index contributed by atoms with van der Waals surface area (Å²) in [7, 11) is 0. The van der Waals surface area contributed by atoms with Crippen LogP contribution in [0.25, 0.3) is 0 Å². The van der Waals surface area contributed by atoms with Crippen molar-refractivity contribution in [3.8, 4) is 0 Å². The van der Waals surface area contributed by atoms with Crippen molar-refractivity contribution in [3.05, 3.63) is 0 Å². The predicted octanol–water partition coefficient (Wildman–Crippen LogP) is 10.2. The normalized spacial score (nSPS) is 35.6. The zero-order valence-electron chi connectivity index (χ0n) is 44.7. The van der Waals surface area contributed by atoms with Gasteiger partial charge in [0.05, 0.1) is 73.2 Å². The van der Waals surface area contributed by atoms with Crippen LogP contribution in [0.4, 0.5) is 0 Å². The molecular formula is C48H96O18. The van der Waals surface area contributed by atoms with Gasteiger partial charge < -0.3 is 85.3 Å². The van der Waals surface area contributed by atoms with Crippen LogP contribution in [0.3, 0.4) is 0 Å². The standard InChI is InChI=1S/C48H96O18/c1-28(2)49-43-55-34(13)22-23-35(14)57-45(51-30(5)6)63-41(20)64-47(53-32(9)10)59-38(17)26-27-39(18)60-48(54-33(11)12)66-42(21)65-46(52-31(7)8)58-37(16)25-24-36(15)56-44(50-29(3)4)62-40(19)61-43/h28-48H,22-27H2,1-21H3. The summed E-state index contributed by atoms with van der Waals surface area (Å²) in [5.41, 5.74) is 0. The van der Waals surface area contributed by atoms with Crippen molar-refractivity contribution in [3.63, 3.8) is 0 Å². The number of rotatable bonds is 12. The molecule has 0 bridgehead atoms. The van der Waals surface area contributed by atoms with Gasteiger partial charge in [0.25, 0.3) is 38.9 Å². The summed E-state index contributed by atoms with van der Waals surface area (Å²) in [6, 6.07) is 0. The molecule has 1 aliphatic heterocycles. The van der Waals surface area contributed by atoms with Crippen molar-refractivity contribution in [1.29, 1.82) is 0 Å². The van der Waals surface area contributed by atoms with E-state index in [9.17, 15) is 0 Å². The van der Waals surface area contributed by atoms with Gasteiger partial charge in [0.1, 0.15) is 0 Å². The Bertz CT molecular complexity index is 943. The van der Waals surface area contributed by atoms with Crippen LogP contribution in [0.5, 0.6) is 0 Å². The molecule has 0 N–H and O–H groups in total. The second-order valence-corrected chi connectivity index (χ2v) is 18.8. The smallest absolute Gasteiger partial charge is 0.274 e.